The second kappa shape index (κ2) is 8.40. The molecule has 9 heteroatoms. The van der Waals surface area contributed by atoms with Gasteiger partial charge in [0.1, 0.15) is 12.0 Å². The number of benzene rings is 4. The molecular weight excluding hydrogens is 558 g/mol. The van der Waals surface area contributed by atoms with Gasteiger partial charge in [0.25, 0.3) is 5.91 Å². The number of rotatable bonds is 4. The number of carbonyl (C=O) groups is 2. The number of methoxy groups -OCH3 is 2. The average molecular weight is 588 g/mol. The maximum Gasteiger partial charge on any atom is 0.343 e. The summed E-state index contributed by atoms with van der Waals surface area (Å²) in [5.74, 6) is -0.0471. The number of aromatic nitrogens is 2. The van der Waals surface area contributed by atoms with Crippen molar-refractivity contribution in [3.8, 4) is 5.75 Å². The average Bonchev–Trinajstić information content (AvgIpc) is 3.72. The van der Waals surface area contributed by atoms with Crippen LogP contribution in [0, 0.1) is 0 Å². The van der Waals surface area contributed by atoms with E-state index in [-0.39, 0.29) is 12.3 Å². The third-order valence-corrected chi connectivity index (χ3v) is 10.1. The fraction of sp³-hybridized carbons (Fsp3) is 0.257. The maximum atomic E-state index is 14.5. The largest absolute Gasteiger partial charge is 0.497 e. The molecule has 0 spiro atoms. The van der Waals surface area contributed by atoms with Gasteiger partial charge in [-0.15, -0.1) is 0 Å². The van der Waals surface area contributed by atoms with Gasteiger partial charge in [-0.25, -0.2) is 4.79 Å². The van der Waals surface area contributed by atoms with Gasteiger partial charge in [0.15, 0.2) is 5.72 Å². The number of fused-ring (bicyclic) bond motifs is 13. The molecular formula is C35H29N3O6. The minimum absolute atomic E-state index is 0.0109. The minimum Gasteiger partial charge on any atom is -0.497 e. The molecule has 6 aromatic rings. The summed E-state index contributed by atoms with van der Waals surface area (Å²) in [7, 11) is 2.92. The molecule has 3 aliphatic heterocycles. The maximum absolute atomic E-state index is 14.5. The topological polar surface area (TPSA) is 95.2 Å². The Hall–Kier alpha value is -4.86. The zero-order valence-electron chi connectivity index (χ0n) is 24.5. The molecule has 1 N–H and O–H groups in total. The van der Waals surface area contributed by atoms with Gasteiger partial charge >= 0.3 is 5.97 Å². The lowest BCUT2D eigenvalue weighted by Gasteiger charge is -2.37. The van der Waals surface area contributed by atoms with Crippen LogP contribution in [0.15, 0.2) is 72.8 Å². The van der Waals surface area contributed by atoms with Crippen LogP contribution in [0.25, 0.3) is 43.6 Å². The normalized spacial score (nSPS) is 23.8. The van der Waals surface area contributed by atoms with Crippen molar-refractivity contribution in [3.63, 3.8) is 0 Å². The molecule has 1 fully saturated rings. The zero-order chi connectivity index (χ0) is 30.1. The number of amides is 1. The summed E-state index contributed by atoms with van der Waals surface area (Å²) in [6, 6.07) is 23.7. The van der Waals surface area contributed by atoms with Crippen LogP contribution in [-0.2, 0) is 33.1 Å². The lowest BCUT2D eigenvalue weighted by Crippen LogP contribution is -2.56. The summed E-state index contributed by atoms with van der Waals surface area (Å²) in [5.41, 5.74) is 2.53. The van der Waals surface area contributed by atoms with Crippen molar-refractivity contribution in [2.24, 2.45) is 0 Å². The number of carbonyl (C=O) groups excluding carboxylic acids is 2. The Balaban J connectivity index is 1.42. The van der Waals surface area contributed by atoms with Crippen molar-refractivity contribution >= 4 is 55.5 Å². The SMILES string of the molecule is COC(=O)[C@]1(O)C[C@@H]2O[C@@]1(C)n1c3ccccc3c3c4c(c5c6ccccc6n2c5c31)CN(Cc1ccc(OC)cc1)C4=O. The Labute approximate surface area is 251 Å². The quantitative estimate of drug-likeness (QED) is 0.271. The van der Waals surface area contributed by atoms with Crippen LogP contribution < -0.4 is 4.74 Å². The number of para-hydroxylation sites is 2. The van der Waals surface area contributed by atoms with E-state index in [2.05, 4.69) is 10.6 Å². The minimum atomic E-state index is -1.99. The van der Waals surface area contributed by atoms with Gasteiger partial charge in [-0.2, -0.15) is 0 Å². The first-order chi connectivity index (χ1) is 21.3. The molecule has 1 saturated heterocycles. The van der Waals surface area contributed by atoms with Gasteiger partial charge in [0.2, 0.25) is 5.60 Å². The summed E-state index contributed by atoms with van der Waals surface area (Å²) >= 11 is 0. The first-order valence-electron chi connectivity index (χ1n) is 14.7. The summed E-state index contributed by atoms with van der Waals surface area (Å²) in [6.45, 7) is 2.65. The molecule has 44 heavy (non-hydrogen) atoms. The van der Waals surface area contributed by atoms with E-state index in [1.165, 1.54) is 7.11 Å². The van der Waals surface area contributed by atoms with E-state index in [0.29, 0.717) is 18.7 Å². The lowest BCUT2D eigenvalue weighted by molar-refractivity contribution is -0.202. The number of nitrogens with zero attached hydrogens (tertiary/aromatic N) is 3. The fourth-order valence-corrected chi connectivity index (χ4v) is 8.10. The highest BCUT2D eigenvalue weighted by molar-refractivity contribution is 6.31. The molecule has 9 rings (SSSR count). The Morgan fingerprint density at radius 2 is 1.64 bits per heavy atom. The summed E-state index contributed by atoms with van der Waals surface area (Å²) in [6.07, 6.45) is -0.643. The smallest absolute Gasteiger partial charge is 0.343 e. The van der Waals surface area contributed by atoms with Crippen LogP contribution in [-0.4, -0.2) is 50.8 Å². The number of aliphatic hydroxyl groups is 1. The van der Waals surface area contributed by atoms with Crippen LogP contribution in [0.4, 0.5) is 0 Å². The van der Waals surface area contributed by atoms with E-state index in [1.54, 1.807) is 14.0 Å². The zero-order valence-corrected chi connectivity index (χ0v) is 24.5. The van der Waals surface area contributed by atoms with Gasteiger partial charge in [0.05, 0.1) is 41.8 Å². The van der Waals surface area contributed by atoms with Crippen molar-refractivity contribution < 1.29 is 28.9 Å². The fourth-order valence-electron chi connectivity index (χ4n) is 8.10. The van der Waals surface area contributed by atoms with Crippen LogP contribution in [0.5, 0.6) is 5.75 Å². The first kappa shape index (κ1) is 25.6. The Morgan fingerprint density at radius 3 is 2.34 bits per heavy atom. The predicted octanol–water partition coefficient (Wildman–Crippen LogP) is 5.58. The summed E-state index contributed by atoms with van der Waals surface area (Å²) in [4.78, 5) is 29.8. The number of esters is 1. The third-order valence-electron chi connectivity index (χ3n) is 10.1. The second-order valence-corrected chi connectivity index (χ2v) is 12.2. The van der Waals surface area contributed by atoms with Gasteiger partial charge < -0.3 is 33.4 Å². The van der Waals surface area contributed by atoms with E-state index in [9.17, 15) is 14.7 Å². The number of ether oxygens (including phenoxy) is 3. The number of hydrogen-bond donors (Lipinski definition) is 1. The van der Waals surface area contributed by atoms with Crippen LogP contribution >= 0.6 is 0 Å². The van der Waals surface area contributed by atoms with E-state index < -0.39 is 23.5 Å². The molecule has 0 saturated carbocycles. The van der Waals surface area contributed by atoms with Crippen LogP contribution in [0.2, 0.25) is 0 Å². The molecule has 0 aliphatic carbocycles. The molecule has 1 amide bonds. The Bertz CT molecular complexity index is 2250. The summed E-state index contributed by atoms with van der Waals surface area (Å²) < 4.78 is 21.4. The second-order valence-electron chi connectivity index (χ2n) is 12.2. The van der Waals surface area contributed by atoms with Crippen LogP contribution in [0.1, 0.15) is 41.1 Å². The predicted molar refractivity (Wildman–Crippen MR) is 164 cm³/mol. The Kier molecular flexibility index (Phi) is 4.89. The highest BCUT2D eigenvalue weighted by atomic mass is 16.6. The van der Waals surface area contributed by atoms with Gasteiger partial charge in [-0.05, 0) is 42.3 Å². The molecule has 0 unspecified atom stereocenters. The number of hydrogen-bond acceptors (Lipinski definition) is 6. The molecule has 3 aliphatic rings. The molecule has 4 aromatic carbocycles. The van der Waals surface area contributed by atoms with E-state index in [4.69, 9.17) is 14.2 Å². The molecule has 2 aromatic heterocycles. The standard InChI is InChI=1S/C35H29N3O6/c1-34-35(41,33(40)43-3)16-26(44-34)37-24-10-6-4-8-21(24)27-23-18-36(17-19-12-14-20(42-2)15-13-19)32(39)29(23)28-22-9-5-7-11-25(22)38(34)31(28)30(27)37/h4-15,26,41H,16-18H2,1-3H3/t26-,34+,35+/m0/s1. The van der Waals surface area contributed by atoms with Crippen LogP contribution in [0.3, 0.4) is 0 Å². The summed E-state index contributed by atoms with van der Waals surface area (Å²) in [5, 5.41) is 15.9. The van der Waals surface area contributed by atoms with Crippen molar-refractivity contribution in [3.05, 3.63) is 89.5 Å². The molecule has 3 atom stereocenters. The van der Waals surface area contributed by atoms with Crippen molar-refractivity contribution in [2.45, 2.75) is 44.0 Å². The third kappa shape index (κ3) is 2.86. The van der Waals surface area contributed by atoms with E-state index in [1.807, 2.05) is 76.2 Å². The highest BCUT2D eigenvalue weighted by Crippen LogP contribution is 2.58. The van der Waals surface area contributed by atoms with Crippen molar-refractivity contribution in [1.29, 1.82) is 0 Å². The van der Waals surface area contributed by atoms with E-state index >= 15 is 0 Å². The first-order valence-corrected chi connectivity index (χ1v) is 14.7. The van der Waals surface area contributed by atoms with Gasteiger partial charge in [-0.3, -0.25) is 4.79 Å². The Morgan fingerprint density at radius 1 is 0.955 bits per heavy atom. The highest BCUT2D eigenvalue weighted by Gasteiger charge is 2.66. The van der Waals surface area contributed by atoms with Gasteiger partial charge in [-0.1, -0.05) is 48.5 Å². The lowest BCUT2D eigenvalue weighted by atomic mass is 9.88. The molecule has 0 radical (unpaired) electrons. The molecule has 2 bridgehead atoms. The molecule has 220 valence electrons. The molecule has 9 nitrogen and oxygen atoms in total. The molecule has 5 heterocycles. The van der Waals surface area contributed by atoms with E-state index in [0.717, 1.165) is 60.5 Å². The van der Waals surface area contributed by atoms with Crippen molar-refractivity contribution in [1.82, 2.24) is 14.0 Å². The monoisotopic (exact) mass is 587 g/mol. The van der Waals surface area contributed by atoms with Gasteiger partial charge in [0, 0.05) is 41.1 Å². The van der Waals surface area contributed by atoms with Crippen molar-refractivity contribution in [2.75, 3.05) is 14.2 Å².